The Balaban J connectivity index is 1.78. The molecule has 0 saturated heterocycles. The number of aliphatic hydroxyl groups is 1. The van der Waals surface area contributed by atoms with Crippen molar-refractivity contribution >= 4 is 5.97 Å². The van der Waals surface area contributed by atoms with Gasteiger partial charge in [-0.25, -0.2) is 18.6 Å². The standard InChI is InChI=1S/C21H23F4N3O4/c1-4-31-19(30)17-14-9-28(18(29)13(14)5-6-26-17)12(3)15-7-11(2)16(8-27-15)32-10-21(24,25)20(22)23/h5-8,12,18,20,29H,4,9-10H2,1-3H3. The number of carbonyl (C=O) groups excluding carboxylic acids is 1. The topological polar surface area (TPSA) is 84.8 Å². The molecule has 1 N–H and O–H groups in total. The maximum Gasteiger partial charge on any atom is 0.357 e. The molecule has 3 rings (SSSR count). The van der Waals surface area contributed by atoms with Crippen LogP contribution in [0.3, 0.4) is 0 Å². The van der Waals surface area contributed by atoms with E-state index < -0.39 is 37.2 Å². The molecule has 174 valence electrons. The first-order valence-corrected chi connectivity index (χ1v) is 9.90. The minimum Gasteiger partial charge on any atom is -0.485 e. The van der Waals surface area contributed by atoms with Crippen molar-refractivity contribution in [3.05, 3.63) is 52.6 Å². The fourth-order valence-electron chi connectivity index (χ4n) is 3.44. The van der Waals surface area contributed by atoms with Crippen molar-refractivity contribution in [3.63, 3.8) is 0 Å². The lowest BCUT2D eigenvalue weighted by atomic mass is 10.1. The number of esters is 1. The van der Waals surface area contributed by atoms with Crippen molar-refractivity contribution in [3.8, 4) is 5.75 Å². The molecular formula is C21H23F4N3O4. The van der Waals surface area contributed by atoms with E-state index in [1.165, 1.54) is 12.4 Å². The van der Waals surface area contributed by atoms with Gasteiger partial charge in [-0.2, -0.15) is 8.78 Å². The van der Waals surface area contributed by atoms with Crippen LogP contribution in [0.15, 0.2) is 24.5 Å². The van der Waals surface area contributed by atoms with Crippen molar-refractivity contribution < 1.29 is 36.9 Å². The number of alkyl halides is 4. The van der Waals surface area contributed by atoms with E-state index in [1.807, 2.05) is 0 Å². The minimum atomic E-state index is -4.27. The molecule has 1 aliphatic rings. The van der Waals surface area contributed by atoms with Crippen LogP contribution in [0.25, 0.3) is 0 Å². The Morgan fingerprint density at radius 2 is 2.09 bits per heavy atom. The molecule has 32 heavy (non-hydrogen) atoms. The van der Waals surface area contributed by atoms with Gasteiger partial charge in [-0.05, 0) is 38.5 Å². The van der Waals surface area contributed by atoms with E-state index in [9.17, 15) is 27.5 Å². The van der Waals surface area contributed by atoms with Crippen molar-refractivity contribution in [2.75, 3.05) is 13.2 Å². The van der Waals surface area contributed by atoms with Gasteiger partial charge in [0.2, 0.25) is 0 Å². The van der Waals surface area contributed by atoms with Gasteiger partial charge < -0.3 is 14.6 Å². The second-order valence-corrected chi connectivity index (χ2v) is 7.39. The molecular weight excluding hydrogens is 434 g/mol. The number of nitrogens with zero attached hydrogens (tertiary/aromatic N) is 3. The summed E-state index contributed by atoms with van der Waals surface area (Å²) in [5.41, 5.74) is 2.13. The molecule has 0 saturated carbocycles. The Labute approximate surface area is 182 Å². The highest BCUT2D eigenvalue weighted by molar-refractivity contribution is 5.89. The summed E-state index contributed by atoms with van der Waals surface area (Å²) in [5, 5.41) is 10.8. The second kappa shape index (κ2) is 9.37. The number of halogens is 4. The summed E-state index contributed by atoms with van der Waals surface area (Å²) >= 11 is 0. The molecule has 2 atom stereocenters. The van der Waals surface area contributed by atoms with Gasteiger partial charge in [-0.3, -0.25) is 9.88 Å². The first-order chi connectivity index (χ1) is 15.1. The molecule has 0 amide bonds. The van der Waals surface area contributed by atoms with Crippen molar-refractivity contribution in [1.82, 2.24) is 14.9 Å². The molecule has 0 aromatic carbocycles. The SMILES string of the molecule is CCOC(=O)c1nccc2c1CN(C(C)c1cc(C)c(OCC(F)(F)C(F)F)cn1)C2O. The largest absolute Gasteiger partial charge is 0.485 e. The number of rotatable bonds is 8. The molecule has 0 spiro atoms. The van der Waals surface area contributed by atoms with Gasteiger partial charge in [-0.15, -0.1) is 0 Å². The van der Waals surface area contributed by atoms with E-state index >= 15 is 0 Å². The summed E-state index contributed by atoms with van der Waals surface area (Å²) < 4.78 is 60.8. The second-order valence-electron chi connectivity index (χ2n) is 7.39. The number of aryl methyl sites for hydroxylation is 1. The molecule has 0 radical (unpaired) electrons. The Kier molecular flexibility index (Phi) is 6.99. The van der Waals surface area contributed by atoms with Gasteiger partial charge in [0, 0.05) is 23.9 Å². The van der Waals surface area contributed by atoms with Gasteiger partial charge in [0.05, 0.1) is 24.5 Å². The summed E-state index contributed by atoms with van der Waals surface area (Å²) in [6, 6.07) is 2.75. The Hall–Kier alpha value is -2.79. The molecule has 0 aliphatic carbocycles. The van der Waals surface area contributed by atoms with Gasteiger partial charge >= 0.3 is 18.3 Å². The molecule has 7 nitrogen and oxygen atoms in total. The smallest absolute Gasteiger partial charge is 0.357 e. The average molecular weight is 457 g/mol. The molecule has 2 unspecified atom stereocenters. The quantitative estimate of drug-likeness (QED) is 0.477. The fraction of sp³-hybridized carbons (Fsp3) is 0.476. The Bertz CT molecular complexity index is 990. The van der Waals surface area contributed by atoms with Crippen LogP contribution < -0.4 is 4.74 Å². The molecule has 0 bridgehead atoms. The zero-order valence-electron chi connectivity index (χ0n) is 17.7. The normalized spacial score (nSPS) is 17.3. The highest BCUT2D eigenvalue weighted by Gasteiger charge is 2.42. The predicted molar refractivity (Wildman–Crippen MR) is 105 cm³/mol. The summed E-state index contributed by atoms with van der Waals surface area (Å²) in [6.07, 6.45) is -2.25. The van der Waals surface area contributed by atoms with Gasteiger partial charge in [0.25, 0.3) is 0 Å². The number of aliphatic hydroxyl groups excluding tert-OH is 1. The van der Waals surface area contributed by atoms with Crippen LogP contribution >= 0.6 is 0 Å². The lowest BCUT2D eigenvalue weighted by molar-refractivity contribution is -0.148. The summed E-state index contributed by atoms with van der Waals surface area (Å²) in [7, 11) is 0. The average Bonchev–Trinajstić information content (AvgIpc) is 3.09. The highest BCUT2D eigenvalue weighted by Crippen LogP contribution is 2.39. The summed E-state index contributed by atoms with van der Waals surface area (Å²) in [6.45, 7) is 3.96. The molecule has 2 aromatic rings. The minimum absolute atomic E-state index is 0.0414. The first kappa shape index (κ1) is 23.9. The zero-order valence-corrected chi connectivity index (χ0v) is 17.7. The van der Waals surface area contributed by atoms with Crippen LogP contribution in [-0.2, 0) is 11.3 Å². The molecule has 11 heteroatoms. The number of carbonyl (C=O) groups is 1. The molecule has 2 aromatic heterocycles. The van der Waals surface area contributed by atoms with E-state index in [0.29, 0.717) is 22.4 Å². The van der Waals surface area contributed by atoms with E-state index in [-0.39, 0.29) is 24.6 Å². The number of hydrogen-bond acceptors (Lipinski definition) is 7. The number of hydrogen-bond donors (Lipinski definition) is 1. The third-order valence-electron chi connectivity index (χ3n) is 5.24. The van der Waals surface area contributed by atoms with Crippen molar-refractivity contribution in [2.45, 2.75) is 51.9 Å². The number of pyridine rings is 2. The van der Waals surface area contributed by atoms with Crippen molar-refractivity contribution in [1.29, 1.82) is 0 Å². The first-order valence-electron chi connectivity index (χ1n) is 9.90. The van der Waals surface area contributed by atoms with Gasteiger partial charge in [0.1, 0.15) is 12.0 Å². The van der Waals surface area contributed by atoms with E-state index in [1.54, 1.807) is 37.8 Å². The number of ether oxygens (including phenoxy) is 2. The number of fused-ring (bicyclic) bond motifs is 1. The van der Waals surface area contributed by atoms with Crippen LogP contribution in [0.1, 0.15) is 59.0 Å². The Morgan fingerprint density at radius 1 is 1.38 bits per heavy atom. The van der Waals surface area contributed by atoms with Crippen molar-refractivity contribution in [2.24, 2.45) is 0 Å². The third kappa shape index (κ3) is 4.68. The maximum atomic E-state index is 13.1. The summed E-state index contributed by atoms with van der Waals surface area (Å²) in [5.74, 6) is -4.89. The summed E-state index contributed by atoms with van der Waals surface area (Å²) in [4.78, 5) is 22.2. The van der Waals surface area contributed by atoms with Gasteiger partial charge in [0.15, 0.2) is 12.3 Å². The predicted octanol–water partition coefficient (Wildman–Crippen LogP) is 3.81. The monoisotopic (exact) mass is 457 g/mol. The maximum absolute atomic E-state index is 13.1. The molecule has 3 heterocycles. The van der Waals surface area contributed by atoms with Gasteiger partial charge in [-0.1, -0.05) is 0 Å². The van der Waals surface area contributed by atoms with Crippen LogP contribution in [-0.4, -0.2) is 51.5 Å². The molecule has 1 aliphatic heterocycles. The van der Waals surface area contributed by atoms with E-state index in [2.05, 4.69) is 9.97 Å². The molecule has 0 fully saturated rings. The van der Waals surface area contributed by atoms with Crippen LogP contribution in [0.4, 0.5) is 17.6 Å². The van der Waals surface area contributed by atoms with E-state index in [4.69, 9.17) is 9.47 Å². The fourth-order valence-corrected chi connectivity index (χ4v) is 3.44. The number of aromatic nitrogens is 2. The lowest BCUT2D eigenvalue weighted by Gasteiger charge is -2.27. The highest BCUT2D eigenvalue weighted by atomic mass is 19.3. The zero-order chi connectivity index (χ0) is 23.6. The third-order valence-corrected chi connectivity index (χ3v) is 5.24. The van der Waals surface area contributed by atoms with Crippen LogP contribution in [0, 0.1) is 6.92 Å². The Morgan fingerprint density at radius 3 is 2.72 bits per heavy atom. The lowest BCUT2D eigenvalue weighted by Crippen LogP contribution is -2.34. The van der Waals surface area contributed by atoms with Crippen LogP contribution in [0.5, 0.6) is 5.75 Å². The van der Waals surface area contributed by atoms with E-state index in [0.717, 1.165) is 0 Å². The van der Waals surface area contributed by atoms with Crippen LogP contribution in [0.2, 0.25) is 0 Å².